The van der Waals surface area contributed by atoms with E-state index < -0.39 is 0 Å². The monoisotopic (exact) mass is 329 g/mol. The SMILES string of the molecule is CCCCN(CCNc1ncnc2onc(C)c12)Cc1ccco1. The van der Waals surface area contributed by atoms with Crippen LogP contribution >= 0.6 is 0 Å². The number of nitrogens with one attached hydrogen (secondary N) is 1. The Kier molecular flexibility index (Phi) is 5.43. The van der Waals surface area contributed by atoms with Crippen molar-refractivity contribution in [3.05, 3.63) is 36.2 Å². The molecule has 0 unspecified atom stereocenters. The van der Waals surface area contributed by atoms with Gasteiger partial charge in [0.2, 0.25) is 0 Å². The largest absolute Gasteiger partial charge is 0.468 e. The molecule has 7 nitrogen and oxygen atoms in total. The molecule has 128 valence electrons. The molecule has 1 N–H and O–H groups in total. The van der Waals surface area contributed by atoms with Crippen molar-refractivity contribution in [1.29, 1.82) is 0 Å². The van der Waals surface area contributed by atoms with Gasteiger partial charge in [0.15, 0.2) is 0 Å². The normalized spacial score (nSPS) is 11.5. The Balaban J connectivity index is 1.60. The van der Waals surface area contributed by atoms with Gasteiger partial charge in [-0.15, -0.1) is 0 Å². The number of unbranched alkanes of at least 4 members (excludes halogenated alkanes) is 1. The summed E-state index contributed by atoms with van der Waals surface area (Å²) in [7, 11) is 0. The van der Waals surface area contributed by atoms with E-state index in [1.165, 1.54) is 19.2 Å². The number of furan rings is 1. The second kappa shape index (κ2) is 7.92. The standard InChI is InChI=1S/C17H23N5O2/c1-3-4-8-22(11-14-6-5-10-23-14)9-7-18-16-15-13(2)21-24-17(15)20-12-19-16/h5-6,10,12H,3-4,7-9,11H2,1-2H3,(H,18,19,20). The molecule has 0 aliphatic rings. The van der Waals surface area contributed by atoms with Gasteiger partial charge >= 0.3 is 0 Å². The first-order valence-corrected chi connectivity index (χ1v) is 8.33. The molecule has 0 atom stereocenters. The molecule has 3 heterocycles. The quantitative estimate of drug-likeness (QED) is 0.645. The zero-order valence-electron chi connectivity index (χ0n) is 14.2. The van der Waals surface area contributed by atoms with E-state index in [2.05, 4.69) is 32.3 Å². The summed E-state index contributed by atoms with van der Waals surface area (Å²) in [5.74, 6) is 1.76. The average molecular weight is 329 g/mol. The van der Waals surface area contributed by atoms with Gasteiger partial charge in [-0.3, -0.25) is 4.90 Å². The molecule has 0 bridgehead atoms. The van der Waals surface area contributed by atoms with Crippen LogP contribution in [-0.4, -0.2) is 39.7 Å². The predicted molar refractivity (Wildman–Crippen MR) is 91.7 cm³/mol. The van der Waals surface area contributed by atoms with E-state index >= 15 is 0 Å². The molecular formula is C17H23N5O2. The van der Waals surface area contributed by atoms with Crippen molar-refractivity contribution in [2.45, 2.75) is 33.2 Å². The van der Waals surface area contributed by atoms with Crippen molar-refractivity contribution in [3.8, 4) is 0 Å². The molecule has 0 aromatic carbocycles. The zero-order valence-corrected chi connectivity index (χ0v) is 14.2. The van der Waals surface area contributed by atoms with Gasteiger partial charge in [-0.05, 0) is 32.0 Å². The molecule has 0 aliphatic heterocycles. The van der Waals surface area contributed by atoms with Crippen LogP contribution in [0.15, 0.2) is 33.7 Å². The van der Waals surface area contributed by atoms with Crippen molar-refractivity contribution in [3.63, 3.8) is 0 Å². The summed E-state index contributed by atoms with van der Waals surface area (Å²) in [6.07, 6.45) is 5.56. The van der Waals surface area contributed by atoms with E-state index in [1.54, 1.807) is 6.26 Å². The summed E-state index contributed by atoms with van der Waals surface area (Å²) in [6, 6.07) is 3.94. The van der Waals surface area contributed by atoms with Gasteiger partial charge < -0.3 is 14.3 Å². The summed E-state index contributed by atoms with van der Waals surface area (Å²) in [5, 5.41) is 8.18. The van der Waals surface area contributed by atoms with Crippen LogP contribution in [0.25, 0.3) is 11.1 Å². The van der Waals surface area contributed by atoms with Gasteiger partial charge in [0, 0.05) is 13.1 Å². The molecule has 3 rings (SSSR count). The minimum atomic E-state index is 0.517. The molecule has 24 heavy (non-hydrogen) atoms. The Morgan fingerprint density at radius 2 is 2.17 bits per heavy atom. The molecule has 0 saturated heterocycles. The number of hydrogen-bond donors (Lipinski definition) is 1. The lowest BCUT2D eigenvalue weighted by Crippen LogP contribution is -2.29. The highest BCUT2D eigenvalue weighted by molar-refractivity contribution is 5.87. The number of nitrogens with zero attached hydrogens (tertiary/aromatic N) is 4. The van der Waals surface area contributed by atoms with Crippen LogP contribution in [0, 0.1) is 6.92 Å². The number of aryl methyl sites for hydroxylation is 1. The van der Waals surface area contributed by atoms with Gasteiger partial charge in [0.1, 0.15) is 23.3 Å². The maximum atomic E-state index is 5.47. The maximum Gasteiger partial charge on any atom is 0.263 e. The van der Waals surface area contributed by atoms with Gasteiger partial charge in [0.25, 0.3) is 5.71 Å². The van der Waals surface area contributed by atoms with Crippen molar-refractivity contribution < 1.29 is 8.94 Å². The Bertz CT molecular complexity index is 754. The third-order valence-electron chi connectivity index (χ3n) is 3.95. The van der Waals surface area contributed by atoms with E-state index in [1.807, 2.05) is 19.1 Å². The molecule has 0 amide bonds. The number of aromatic nitrogens is 3. The van der Waals surface area contributed by atoms with Crippen LogP contribution in [0.1, 0.15) is 31.2 Å². The van der Waals surface area contributed by atoms with Crippen LogP contribution < -0.4 is 5.32 Å². The number of rotatable bonds is 9. The van der Waals surface area contributed by atoms with Crippen LogP contribution in [0.5, 0.6) is 0 Å². The second-order valence-electron chi connectivity index (χ2n) is 5.81. The van der Waals surface area contributed by atoms with E-state index in [0.29, 0.717) is 5.71 Å². The van der Waals surface area contributed by atoms with E-state index in [-0.39, 0.29) is 0 Å². The maximum absolute atomic E-state index is 5.47. The highest BCUT2D eigenvalue weighted by atomic mass is 16.5. The average Bonchev–Trinajstić information content (AvgIpc) is 3.23. The van der Waals surface area contributed by atoms with Gasteiger partial charge in [-0.25, -0.2) is 4.98 Å². The lowest BCUT2D eigenvalue weighted by atomic mass is 10.3. The second-order valence-corrected chi connectivity index (χ2v) is 5.81. The molecule has 0 fully saturated rings. The van der Waals surface area contributed by atoms with Gasteiger partial charge in [-0.2, -0.15) is 4.98 Å². The van der Waals surface area contributed by atoms with E-state index in [0.717, 1.165) is 48.8 Å². The molecule has 3 aromatic rings. The highest BCUT2D eigenvalue weighted by Crippen LogP contribution is 2.22. The molecule has 0 spiro atoms. The first-order valence-electron chi connectivity index (χ1n) is 8.33. The van der Waals surface area contributed by atoms with Crippen LogP contribution in [0.4, 0.5) is 5.82 Å². The molecule has 3 aromatic heterocycles. The predicted octanol–water partition coefficient (Wildman–Crippen LogP) is 3.23. The topological polar surface area (TPSA) is 80.2 Å². The fraction of sp³-hybridized carbons (Fsp3) is 0.471. The van der Waals surface area contributed by atoms with Gasteiger partial charge in [-0.1, -0.05) is 18.5 Å². The van der Waals surface area contributed by atoms with Gasteiger partial charge in [0.05, 0.1) is 18.5 Å². The Hall–Kier alpha value is -2.41. The third kappa shape index (κ3) is 3.91. The fourth-order valence-corrected chi connectivity index (χ4v) is 2.66. The van der Waals surface area contributed by atoms with E-state index in [9.17, 15) is 0 Å². The molecule has 0 radical (unpaired) electrons. The first kappa shape index (κ1) is 16.4. The molecule has 0 aliphatic carbocycles. The summed E-state index contributed by atoms with van der Waals surface area (Å²) in [6.45, 7) is 7.64. The smallest absolute Gasteiger partial charge is 0.263 e. The summed E-state index contributed by atoms with van der Waals surface area (Å²) >= 11 is 0. The van der Waals surface area contributed by atoms with E-state index in [4.69, 9.17) is 8.94 Å². The zero-order chi connectivity index (χ0) is 16.8. The van der Waals surface area contributed by atoms with Crippen molar-refractivity contribution in [1.82, 2.24) is 20.0 Å². The molecular weight excluding hydrogens is 306 g/mol. The summed E-state index contributed by atoms with van der Waals surface area (Å²) in [4.78, 5) is 10.8. The minimum absolute atomic E-state index is 0.517. The Labute approximate surface area is 141 Å². The molecule has 0 saturated carbocycles. The minimum Gasteiger partial charge on any atom is -0.468 e. The number of hydrogen-bond acceptors (Lipinski definition) is 7. The van der Waals surface area contributed by atoms with Crippen molar-refractivity contribution in [2.24, 2.45) is 0 Å². The Morgan fingerprint density at radius 1 is 1.25 bits per heavy atom. The molecule has 7 heteroatoms. The fourth-order valence-electron chi connectivity index (χ4n) is 2.66. The number of fused-ring (bicyclic) bond motifs is 1. The highest BCUT2D eigenvalue weighted by Gasteiger charge is 2.12. The van der Waals surface area contributed by atoms with Crippen LogP contribution in [0.2, 0.25) is 0 Å². The van der Waals surface area contributed by atoms with Crippen molar-refractivity contribution >= 4 is 16.9 Å². The first-order chi connectivity index (χ1) is 11.8. The Morgan fingerprint density at radius 3 is 2.96 bits per heavy atom. The lowest BCUT2D eigenvalue weighted by Gasteiger charge is -2.21. The number of anilines is 1. The third-order valence-corrected chi connectivity index (χ3v) is 3.95. The summed E-state index contributed by atoms with van der Waals surface area (Å²) < 4.78 is 10.6. The van der Waals surface area contributed by atoms with Crippen LogP contribution in [-0.2, 0) is 6.54 Å². The summed E-state index contributed by atoms with van der Waals surface area (Å²) in [5.41, 5.74) is 1.31. The van der Waals surface area contributed by atoms with Crippen molar-refractivity contribution in [2.75, 3.05) is 25.0 Å². The van der Waals surface area contributed by atoms with Crippen LogP contribution in [0.3, 0.4) is 0 Å². The lowest BCUT2D eigenvalue weighted by molar-refractivity contribution is 0.248.